The Labute approximate surface area is 97.9 Å². The van der Waals surface area contributed by atoms with Gasteiger partial charge in [0.15, 0.2) is 0 Å². The summed E-state index contributed by atoms with van der Waals surface area (Å²) in [6.45, 7) is 6.46. The maximum absolute atomic E-state index is 11.2. The molecule has 16 heavy (non-hydrogen) atoms. The quantitative estimate of drug-likeness (QED) is 0.577. The molecule has 0 aliphatic heterocycles. The number of hydrogen-bond donors (Lipinski definition) is 1. The summed E-state index contributed by atoms with van der Waals surface area (Å²) in [5.41, 5.74) is 5.56. The van der Waals surface area contributed by atoms with Crippen molar-refractivity contribution in [3.63, 3.8) is 0 Å². The van der Waals surface area contributed by atoms with Gasteiger partial charge in [0.05, 0.1) is 19.3 Å². The maximum Gasteiger partial charge on any atom is 0.320 e. The first kappa shape index (κ1) is 15.3. The predicted molar refractivity (Wildman–Crippen MR) is 63.2 cm³/mol. The fraction of sp³-hybridized carbons (Fsp3) is 0.909. The third-order valence-corrected chi connectivity index (χ3v) is 2.20. The van der Waals surface area contributed by atoms with Crippen LogP contribution in [0.5, 0.6) is 0 Å². The molecule has 0 aliphatic carbocycles. The van der Waals surface area contributed by atoms with Gasteiger partial charge >= 0.3 is 5.97 Å². The largest absolute Gasteiger partial charge is 0.465 e. The van der Waals surface area contributed by atoms with Crippen molar-refractivity contribution in [3.8, 4) is 0 Å². The minimum absolute atomic E-state index is 0.0784. The van der Waals surface area contributed by atoms with Crippen molar-refractivity contribution >= 4 is 5.97 Å². The number of ether oxygens (including phenoxy) is 2. The summed E-state index contributed by atoms with van der Waals surface area (Å²) in [5.74, 6) is -0.189. The van der Waals surface area contributed by atoms with E-state index in [1.807, 2.05) is 18.9 Å². The van der Waals surface area contributed by atoms with E-state index in [1.165, 1.54) is 0 Å². The molecule has 0 radical (unpaired) electrons. The first-order chi connectivity index (χ1) is 7.63. The molecule has 0 bridgehead atoms. The minimum Gasteiger partial charge on any atom is -0.465 e. The van der Waals surface area contributed by atoms with E-state index < -0.39 is 0 Å². The van der Waals surface area contributed by atoms with Crippen LogP contribution in [-0.2, 0) is 14.3 Å². The molecule has 0 aromatic heterocycles. The summed E-state index contributed by atoms with van der Waals surface area (Å²) >= 11 is 0. The van der Waals surface area contributed by atoms with Crippen LogP contribution in [0, 0.1) is 0 Å². The molecule has 96 valence electrons. The highest BCUT2D eigenvalue weighted by Crippen LogP contribution is 1.98. The first-order valence-corrected chi connectivity index (χ1v) is 5.79. The molecule has 0 saturated heterocycles. The Balaban J connectivity index is 3.69. The maximum atomic E-state index is 11.2. The highest BCUT2D eigenvalue weighted by atomic mass is 16.5. The Kier molecular flexibility index (Phi) is 9.18. The zero-order chi connectivity index (χ0) is 12.4. The van der Waals surface area contributed by atoms with Gasteiger partial charge in [-0.05, 0) is 27.3 Å². The van der Waals surface area contributed by atoms with Gasteiger partial charge in [-0.1, -0.05) is 0 Å². The standard InChI is InChI=1S/C11H24N2O3/c1-4-15-10(8-12)6-7-13(3)9-11(14)16-5-2/h10H,4-9,12H2,1-3H3. The van der Waals surface area contributed by atoms with E-state index in [1.54, 1.807) is 6.92 Å². The third-order valence-electron chi connectivity index (χ3n) is 2.20. The Hall–Kier alpha value is -0.650. The Morgan fingerprint density at radius 3 is 2.56 bits per heavy atom. The minimum atomic E-state index is -0.189. The average Bonchev–Trinajstić information content (AvgIpc) is 2.24. The Bertz CT molecular complexity index is 188. The van der Waals surface area contributed by atoms with Crippen LogP contribution in [0.15, 0.2) is 0 Å². The summed E-state index contributed by atoms with van der Waals surface area (Å²) < 4.78 is 10.3. The van der Waals surface area contributed by atoms with E-state index in [0.717, 1.165) is 13.0 Å². The first-order valence-electron chi connectivity index (χ1n) is 5.79. The molecule has 0 fully saturated rings. The summed E-state index contributed by atoms with van der Waals surface area (Å²) in [7, 11) is 1.89. The van der Waals surface area contributed by atoms with Gasteiger partial charge in [-0.2, -0.15) is 0 Å². The van der Waals surface area contributed by atoms with Gasteiger partial charge in [-0.25, -0.2) is 0 Å². The molecular formula is C11H24N2O3. The second-order valence-corrected chi connectivity index (χ2v) is 3.64. The average molecular weight is 232 g/mol. The molecule has 0 aromatic carbocycles. The second-order valence-electron chi connectivity index (χ2n) is 3.64. The highest BCUT2D eigenvalue weighted by molar-refractivity contribution is 5.71. The van der Waals surface area contributed by atoms with Gasteiger partial charge in [0.2, 0.25) is 0 Å². The number of hydrogen-bond acceptors (Lipinski definition) is 5. The van der Waals surface area contributed by atoms with Crippen LogP contribution in [0.2, 0.25) is 0 Å². The zero-order valence-corrected chi connectivity index (χ0v) is 10.6. The number of rotatable bonds is 9. The molecule has 0 saturated carbocycles. The topological polar surface area (TPSA) is 64.8 Å². The van der Waals surface area contributed by atoms with Crippen molar-refractivity contribution in [1.82, 2.24) is 4.90 Å². The molecule has 0 spiro atoms. The van der Waals surface area contributed by atoms with E-state index >= 15 is 0 Å². The zero-order valence-electron chi connectivity index (χ0n) is 10.6. The fourth-order valence-electron chi connectivity index (χ4n) is 1.38. The molecule has 0 rings (SSSR count). The number of nitrogens with two attached hydrogens (primary N) is 1. The lowest BCUT2D eigenvalue weighted by molar-refractivity contribution is -0.144. The van der Waals surface area contributed by atoms with Crippen molar-refractivity contribution in [2.45, 2.75) is 26.4 Å². The van der Waals surface area contributed by atoms with Crippen molar-refractivity contribution in [3.05, 3.63) is 0 Å². The molecule has 5 heteroatoms. The molecule has 5 nitrogen and oxygen atoms in total. The van der Waals surface area contributed by atoms with Gasteiger partial charge in [0.25, 0.3) is 0 Å². The lowest BCUT2D eigenvalue weighted by atomic mass is 10.2. The molecule has 1 atom stereocenters. The van der Waals surface area contributed by atoms with Crippen LogP contribution in [0.3, 0.4) is 0 Å². The van der Waals surface area contributed by atoms with Crippen molar-refractivity contribution in [1.29, 1.82) is 0 Å². The summed E-state index contributed by atoms with van der Waals surface area (Å²) in [5, 5.41) is 0. The van der Waals surface area contributed by atoms with Crippen molar-refractivity contribution in [2.75, 3.05) is 39.9 Å². The second kappa shape index (κ2) is 9.57. The van der Waals surface area contributed by atoms with E-state index in [4.69, 9.17) is 15.2 Å². The molecule has 0 aliphatic rings. The third kappa shape index (κ3) is 7.62. The Morgan fingerprint density at radius 1 is 1.38 bits per heavy atom. The summed E-state index contributed by atoms with van der Waals surface area (Å²) in [6.07, 6.45) is 0.912. The Morgan fingerprint density at radius 2 is 2.06 bits per heavy atom. The SMILES string of the molecule is CCOC(=O)CN(C)CCC(CN)OCC. The smallest absolute Gasteiger partial charge is 0.320 e. The fourth-order valence-corrected chi connectivity index (χ4v) is 1.38. The van der Waals surface area contributed by atoms with Gasteiger partial charge in [0, 0.05) is 19.7 Å². The van der Waals surface area contributed by atoms with Crippen LogP contribution in [0.4, 0.5) is 0 Å². The summed E-state index contributed by atoms with van der Waals surface area (Å²) in [6, 6.07) is 0. The lowest BCUT2D eigenvalue weighted by Crippen LogP contribution is -2.33. The monoisotopic (exact) mass is 232 g/mol. The van der Waals surface area contributed by atoms with E-state index in [-0.39, 0.29) is 12.1 Å². The number of likely N-dealkylation sites (N-methyl/N-ethyl adjacent to an activating group) is 1. The van der Waals surface area contributed by atoms with Crippen LogP contribution in [-0.4, -0.2) is 56.9 Å². The van der Waals surface area contributed by atoms with Crippen molar-refractivity contribution in [2.24, 2.45) is 5.73 Å². The highest BCUT2D eigenvalue weighted by Gasteiger charge is 2.10. The normalized spacial score (nSPS) is 12.8. The predicted octanol–water partition coefficient (Wildman–Crippen LogP) is 0.235. The summed E-state index contributed by atoms with van der Waals surface area (Å²) in [4.78, 5) is 13.1. The molecule has 0 aromatic rings. The number of esters is 1. The lowest BCUT2D eigenvalue weighted by Gasteiger charge is -2.19. The molecule has 1 unspecified atom stereocenters. The van der Waals surface area contributed by atoms with E-state index in [0.29, 0.717) is 26.3 Å². The van der Waals surface area contributed by atoms with E-state index in [2.05, 4.69) is 0 Å². The molecule has 2 N–H and O–H groups in total. The number of nitrogens with zero attached hydrogens (tertiary/aromatic N) is 1. The van der Waals surface area contributed by atoms with Crippen LogP contribution < -0.4 is 5.73 Å². The molecule has 0 heterocycles. The van der Waals surface area contributed by atoms with Gasteiger partial charge in [-0.3, -0.25) is 9.69 Å². The number of carbonyl (C=O) groups excluding carboxylic acids is 1. The van der Waals surface area contributed by atoms with Crippen LogP contribution in [0.1, 0.15) is 20.3 Å². The van der Waals surface area contributed by atoms with Crippen LogP contribution >= 0.6 is 0 Å². The van der Waals surface area contributed by atoms with Crippen LogP contribution in [0.25, 0.3) is 0 Å². The molecule has 0 amide bonds. The van der Waals surface area contributed by atoms with E-state index in [9.17, 15) is 4.79 Å². The van der Waals surface area contributed by atoms with Crippen molar-refractivity contribution < 1.29 is 14.3 Å². The van der Waals surface area contributed by atoms with Gasteiger partial charge < -0.3 is 15.2 Å². The van der Waals surface area contributed by atoms with Gasteiger partial charge in [-0.15, -0.1) is 0 Å². The molecular weight excluding hydrogens is 208 g/mol. The van der Waals surface area contributed by atoms with Gasteiger partial charge in [0.1, 0.15) is 0 Å². The number of carbonyl (C=O) groups is 1.